The smallest absolute Gasteiger partial charge is 0.406 e. The van der Waals surface area contributed by atoms with Crippen LogP contribution < -0.4 is 20.7 Å². The van der Waals surface area contributed by atoms with Crippen molar-refractivity contribution >= 4 is 46.3 Å². The van der Waals surface area contributed by atoms with Gasteiger partial charge in [0, 0.05) is 11.3 Å². The van der Waals surface area contributed by atoms with E-state index in [9.17, 15) is 18.0 Å². The number of urea groups is 1. The van der Waals surface area contributed by atoms with E-state index >= 15 is 0 Å². The average Bonchev–Trinajstić information content (AvgIpc) is 3.31. The van der Waals surface area contributed by atoms with Crippen LogP contribution in [0, 0.1) is 6.92 Å². The van der Waals surface area contributed by atoms with Crippen LogP contribution in [-0.2, 0) is 0 Å². The number of ether oxygens (including phenoxy) is 1. The lowest BCUT2D eigenvalue weighted by Crippen LogP contribution is -2.37. The topological polar surface area (TPSA) is 93.1 Å². The van der Waals surface area contributed by atoms with Gasteiger partial charge in [-0.05, 0) is 85.4 Å². The Morgan fingerprint density at radius 2 is 1.73 bits per heavy atom. The maximum Gasteiger partial charge on any atom is 0.573 e. The minimum absolute atomic E-state index is 0.0765. The number of rotatable bonds is 5. The minimum Gasteiger partial charge on any atom is -0.406 e. The number of carbonyl (C=O) groups excluding carboxylic acids is 1. The monoisotopic (exact) mass is 546 g/mol. The number of aryl methyl sites for hydroxylation is 1. The summed E-state index contributed by atoms with van der Waals surface area (Å²) in [6.45, 7) is 1.91. The molecule has 0 fully saturated rings. The fraction of sp³-hybridized carbons (Fsp3) is 0.0833. The first-order chi connectivity index (χ1) is 17.6. The first-order valence-electron chi connectivity index (χ1n) is 10.6. The summed E-state index contributed by atoms with van der Waals surface area (Å²) in [7, 11) is 0. The number of benzene rings is 3. The van der Waals surface area contributed by atoms with Gasteiger partial charge in [0.25, 0.3) is 0 Å². The molecule has 8 nitrogen and oxygen atoms in total. The fourth-order valence-electron chi connectivity index (χ4n) is 3.16. The summed E-state index contributed by atoms with van der Waals surface area (Å²) in [5.74, 6) is 0.0474. The zero-order valence-corrected chi connectivity index (χ0v) is 20.6. The van der Waals surface area contributed by atoms with Gasteiger partial charge in [-0.1, -0.05) is 17.7 Å². The number of hydrogen-bond donors (Lipinski definition) is 3. The maximum absolute atomic E-state index is 12.3. The molecule has 0 atom stereocenters. The first-order valence-corrected chi connectivity index (χ1v) is 11.4. The number of thiocarbonyl (C=S) groups is 1. The molecule has 0 aliphatic heterocycles. The van der Waals surface area contributed by atoms with Crippen LogP contribution in [-0.4, -0.2) is 32.3 Å². The van der Waals surface area contributed by atoms with Crippen LogP contribution in [0.25, 0.3) is 17.1 Å². The zero-order chi connectivity index (χ0) is 26.6. The van der Waals surface area contributed by atoms with E-state index in [-0.39, 0.29) is 10.9 Å². The number of carbonyl (C=O) groups is 1. The van der Waals surface area contributed by atoms with E-state index in [1.807, 2.05) is 13.0 Å². The maximum atomic E-state index is 12.3. The lowest BCUT2D eigenvalue weighted by Gasteiger charge is -2.12. The predicted molar refractivity (Wildman–Crippen MR) is 138 cm³/mol. The Labute approximate surface area is 219 Å². The molecule has 0 saturated carbocycles. The van der Waals surface area contributed by atoms with Crippen LogP contribution in [0.2, 0.25) is 5.02 Å². The molecule has 4 aromatic rings. The third-order valence-electron chi connectivity index (χ3n) is 4.83. The molecule has 13 heteroatoms. The van der Waals surface area contributed by atoms with Gasteiger partial charge in [0.05, 0.1) is 16.4 Å². The molecule has 3 N–H and O–H groups in total. The van der Waals surface area contributed by atoms with Crippen molar-refractivity contribution in [3.63, 3.8) is 0 Å². The van der Waals surface area contributed by atoms with Gasteiger partial charge in [-0.2, -0.15) is 0 Å². The zero-order valence-electron chi connectivity index (χ0n) is 19.0. The second-order valence-corrected chi connectivity index (χ2v) is 8.46. The summed E-state index contributed by atoms with van der Waals surface area (Å²) in [5, 5.41) is 12.9. The van der Waals surface area contributed by atoms with Crippen molar-refractivity contribution in [1.82, 2.24) is 20.1 Å². The molecule has 0 bridgehead atoms. The standard InChI is InChI=1S/C24H18ClF3N6O2S/c1-14-2-11-20(19(25)12-14)31-23(37)32-22(35)30-16-5-3-15(4-6-16)21-29-13-34(33-21)17-7-9-18(10-8-17)36-24(26,27)28/h2-13H,1H3,(H3,30,31,32,35,37). The van der Waals surface area contributed by atoms with Crippen LogP contribution in [0.4, 0.5) is 29.3 Å². The summed E-state index contributed by atoms with van der Waals surface area (Å²) in [5.41, 5.74) is 3.22. The van der Waals surface area contributed by atoms with Crippen LogP contribution in [0.15, 0.2) is 73.1 Å². The van der Waals surface area contributed by atoms with Crippen molar-refractivity contribution in [2.45, 2.75) is 13.3 Å². The Balaban J connectivity index is 1.34. The van der Waals surface area contributed by atoms with Crippen LogP contribution >= 0.6 is 23.8 Å². The molecule has 1 heterocycles. The summed E-state index contributed by atoms with van der Waals surface area (Å²) in [6.07, 6.45) is -3.33. The van der Waals surface area contributed by atoms with Crippen molar-refractivity contribution in [1.29, 1.82) is 0 Å². The summed E-state index contributed by atoms with van der Waals surface area (Å²) in [6, 6.07) is 16.8. The lowest BCUT2D eigenvalue weighted by atomic mass is 10.2. The summed E-state index contributed by atoms with van der Waals surface area (Å²) < 4.78 is 42.3. The molecule has 2 amide bonds. The van der Waals surface area contributed by atoms with Crippen LogP contribution in [0.3, 0.4) is 0 Å². The van der Waals surface area contributed by atoms with Crippen molar-refractivity contribution in [3.05, 3.63) is 83.6 Å². The molecule has 0 saturated heterocycles. The Kier molecular flexibility index (Phi) is 7.60. The van der Waals surface area contributed by atoms with Crippen LogP contribution in [0.1, 0.15) is 5.56 Å². The molecule has 0 unspecified atom stereocenters. The van der Waals surface area contributed by atoms with E-state index in [2.05, 4.69) is 30.8 Å². The Hall–Kier alpha value is -4.16. The summed E-state index contributed by atoms with van der Waals surface area (Å²) >= 11 is 11.3. The van der Waals surface area contributed by atoms with Crippen molar-refractivity contribution < 1.29 is 22.7 Å². The van der Waals surface area contributed by atoms with E-state index in [1.54, 1.807) is 36.4 Å². The molecule has 4 rings (SSSR count). The van der Waals surface area contributed by atoms with E-state index in [4.69, 9.17) is 23.8 Å². The molecule has 3 aromatic carbocycles. The molecule has 0 aliphatic rings. The van der Waals surface area contributed by atoms with E-state index in [0.717, 1.165) is 5.56 Å². The number of anilines is 2. The summed E-state index contributed by atoms with van der Waals surface area (Å²) in [4.78, 5) is 16.5. The number of halogens is 4. The molecular weight excluding hydrogens is 529 g/mol. The van der Waals surface area contributed by atoms with Gasteiger partial charge in [-0.15, -0.1) is 18.3 Å². The molecule has 0 spiro atoms. The molecule has 0 radical (unpaired) electrons. The minimum atomic E-state index is -4.76. The average molecular weight is 547 g/mol. The van der Waals surface area contributed by atoms with Gasteiger partial charge in [0.15, 0.2) is 10.9 Å². The van der Waals surface area contributed by atoms with Gasteiger partial charge in [-0.25, -0.2) is 14.5 Å². The number of aromatic nitrogens is 3. The largest absolute Gasteiger partial charge is 0.573 e. The Bertz CT molecular complexity index is 1430. The highest BCUT2D eigenvalue weighted by atomic mass is 35.5. The predicted octanol–water partition coefficient (Wildman–Crippen LogP) is 6.31. The highest BCUT2D eigenvalue weighted by molar-refractivity contribution is 7.80. The molecule has 37 heavy (non-hydrogen) atoms. The highest BCUT2D eigenvalue weighted by Crippen LogP contribution is 2.25. The molecule has 190 valence electrons. The number of hydrogen-bond acceptors (Lipinski definition) is 5. The second-order valence-electron chi connectivity index (χ2n) is 7.65. The Morgan fingerprint density at radius 3 is 2.38 bits per heavy atom. The van der Waals surface area contributed by atoms with E-state index in [0.29, 0.717) is 33.5 Å². The normalized spacial score (nSPS) is 11.1. The van der Waals surface area contributed by atoms with E-state index < -0.39 is 12.4 Å². The lowest BCUT2D eigenvalue weighted by molar-refractivity contribution is -0.274. The second kappa shape index (κ2) is 10.8. The van der Waals surface area contributed by atoms with Crippen LogP contribution in [0.5, 0.6) is 5.75 Å². The molecular formula is C24H18ClF3N6O2S. The van der Waals surface area contributed by atoms with Crippen molar-refractivity contribution in [2.24, 2.45) is 0 Å². The number of nitrogens with one attached hydrogen (secondary N) is 3. The van der Waals surface area contributed by atoms with E-state index in [1.165, 1.54) is 35.3 Å². The van der Waals surface area contributed by atoms with Gasteiger partial charge in [0.2, 0.25) is 0 Å². The third-order valence-corrected chi connectivity index (χ3v) is 5.34. The van der Waals surface area contributed by atoms with Crippen molar-refractivity contribution in [3.8, 4) is 22.8 Å². The van der Waals surface area contributed by atoms with Gasteiger partial charge in [-0.3, -0.25) is 5.32 Å². The van der Waals surface area contributed by atoms with Gasteiger partial charge in [0.1, 0.15) is 12.1 Å². The highest BCUT2D eigenvalue weighted by Gasteiger charge is 2.31. The molecule has 0 aliphatic carbocycles. The number of nitrogens with zero attached hydrogens (tertiary/aromatic N) is 3. The fourth-order valence-corrected chi connectivity index (χ4v) is 3.65. The SMILES string of the molecule is Cc1ccc(NC(=S)NC(=O)Nc2ccc(-c3ncn(-c4ccc(OC(F)(F)F)cc4)n3)cc2)c(Cl)c1. The quantitative estimate of drug-likeness (QED) is 0.254. The van der Waals surface area contributed by atoms with Gasteiger partial charge < -0.3 is 15.4 Å². The number of amides is 2. The number of alkyl halides is 3. The third kappa shape index (κ3) is 7.18. The molecule has 1 aromatic heterocycles. The Morgan fingerprint density at radius 1 is 1.03 bits per heavy atom. The first kappa shape index (κ1) is 25.9. The van der Waals surface area contributed by atoms with Gasteiger partial charge >= 0.3 is 12.4 Å². The van der Waals surface area contributed by atoms with Crippen molar-refractivity contribution in [2.75, 3.05) is 10.6 Å².